The van der Waals surface area contributed by atoms with Gasteiger partial charge in [0.05, 0.1) is 18.8 Å². The Kier molecular flexibility index (Phi) is 21.1. The molecule has 0 aliphatic rings. The molecule has 2 atom stereocenters. The Hall–Kier alpha value is -2.13. The summed E-state index contributed by atoms with van der Waals surface area (Å²) in [6.07, 6.45) is 14.6. The number of anilines is 1. The van der Waals surface area contributed by atoms with E-state index in [0.29, 0.717) is 0 Å². The lowest BCUT2D eigenvalue weighted by atomic mass is 10.0. The van der Waals surface area contributed by atoms with E-state index in [2.05, 4.69) is 21.2 Å². The Morgan fingerprint density at radius 2 is 1.18 bits per heavy atom. The normalized spacial score (nSPS) is 12.4. The lowest BCUT2D eigenvalue weighted by Crippen LogP contribution is -2.44. The quantitative estimate of drug-likeness (QED) is 0.0547. The maximum absolute atomic E-state index is 12.6. The van der Waals surface area contributed by atoms with Gasteiger partial charge in [-0.05, 0) is 51.0 Å². The molecule has 1 aromatic carbocycles. The van der Waals surface area contributed by atoms with Gasteiger partial charge >= 0.3 is 17.9 Å². The van der Waals surface area contributed by atoms with Crippen LogP contribution in [0, 0.1) is 0 Å². The lowest BCUT2D eigenvalue weighted by Gasteiger charge is -2.20. The predicted molar refractivity (Wildman–Crippen MR) is 162 cm³/mol. The fourth-order valence-electron chi connectivity index (χ4n) is 4.30. The number of carbonyl (C=O) groups is 3. The highest BCUT2D eigenvalue weighted by Crippen LogP contribution is 2.16. The van der Waals surface area contributed by atoms with Crippen molar-refractivity contribution in [1.82, 2.24) is 0 Å². The second-order valence-corrected chi connectivity index (χ2v) is 10.7. The third kappa shape index (κ3) is 16.2. The first-order valence-corrected chi connectivity index (χ1v) is 16.2. The molecule has 0 aromatic heterocycles. The van der Waals surface area contributed by atoms with Crippen molar-refractivity contribution in [2.45, 2.75) is 116 Å². The molecule has 0 aliphatic heterocycles. The average molecular weight is 629 g/mol. The molecular formula is C31H50BrNO7. The van der Waals surface area contributed by atoms with Gasteiger partial charge in [-0.2, -0.15) is 0 Å². The number of nitrogens with one attached hydrogen (secondary N) is 1. The molecule has 2 unspecified atom stereocenters. The van der Waals surface area contributed by atoms with Crippen LogP contribution < -0.4 is 5.32 Å². The van der Waals surface area contributed by atoms with E-state index >= 15 is 0 Å². The highest BCUT2D eigenvalue weighted by atomic mass is 79.9. The van der Waals surface area contributed by atoms with Crippen LogP contribution in [0.5, 0.6) is 0 Å². The van der Waals surface area contributed by atoms with Crippen LogP contribution in [0.3, 0.4) is 0 Å². The molecule has 0 amide bonds. The fourth-order valence-corrected chi connectivity index (χ4v) is 4.69. The van der Waals surface area contributed by atoms with Gasteiger partial charge in [-0.25, -0.2) is 14.4 Å². The second-order valence-electron chi connectivity index (χ2n) is 9.92. The van der Waals surface area contributed by atoms with E-state index < -0.39 is 30.1 Å². The number of alkyl halides is 1. The molecular weight excluding hydrogens is 578 g/mol. The van der Waals surface area contributed by atoms with Gasteiger partial charge in [-0.15, -0.1) is 0 Å². The van der Waals surface area contributed by atoms with Crippen molar-refractivity contribution in [3.05, 3.63) is 29.8 Å². The van der Waals surface area contributed by atoms with E-state index in [4.69, 9.17) is 14.2 Å². The zero-order chi connectivity index (χ0) is 29.4. The SMILES string of the molecule is CCOC(=O)C(O)C(OC(=O)c1ccc(NCCCCCCCCCCCCCCCCBr)cc1)C(=O)OCC. The van der Waals surface area contributed by atoms with Crippen LogP contribution in [0.25, 0.3) is 0 Å². The van der Waals surface area contributed by atoms with E-state index in [1.54, 1.807) is 38.1 Å². The third-order valence-electron chi connectivity index (χ3n) is 6.58. The lowest BCUT2D eigenvalue weighted by molar-refractivity contribution is -0.172. The molecule has 1 rings (SSSR count). The number of ether oxygens (including phenoxy) is 3. The molecule has 0 fully saturated rings. The first-order valence-electron chi connectivity index (χ1n) is 15.1. The van der Waals surface area contributed by atoms with Crippen molar-refractivity contribution in [3.63, 3.8) is 0 Å². The van der Waals surface area contributed by atoms with Crippen molar-refractivity contribution in [3.8, 4) is 0 Å². The Morgan fingerprint density at radius 1 is 0.725 bits per heavy atom. The summed E-state index contributed by atoms with van der Waals surface area (Å²) in [6, 6.07) is 6.63. The summed E-state index contributed by atoms with van der Waals surface area (Å²) < 4.78 is 14.7. The summed E-state index contributed by atoms with van der Waals surface area (Å²) >= 11 is 3.49. The summed E-state index contributed by atoms with van der Waals surface area (Å²) in [7, 11) is 0. The molecule has 0 bridgehead atoms. The average Bonchev–Trinajstić information content (AvgIpc) is 2.95. The number of hydrogen-bond acceptors (Lipinski definition) is 8. The van der Waals surface area contributed by atoms with E-state index in [9.17, 15) is 19.5 Å². The smallest absolute Gasteiger partial charge is 0.350 e. The summed E-state index contributed by atoms with van der Waals surface area (Å²) in [6.45, 7) is 3.98. The van der Waals surface area contributed by atoms with Crippen molar-refractivity contribution in [1.29, 1.82) is 0 Å². The Labute approximate surface area is 249 Å². The number of aliphatic hydroxyl groups is 1. The van der Waals surface area contributed by atoms with E-state index in [1.807, 2.05) is 0 Å². The largest absolute Gasteiger partial charge is 0.464 e. The van der Waals surface area contributed by atoms with E-state index in [-0.39, 0.29) is 18.8 Å². The van der Waals surface area contributed by atoms with E-state index in [0.717, 1.165) is 24.0 Å². The minimum absolute atomic E-state index is 0.00118. The second kappa shape index (κ2) is 23.6. The maximum atomic E-state index is 12.6. The fraction of sp³-hybridized carbons (Fsp3) is 0.710. The summed E-state index contributed by atoms with van der Waals surface area (Å²) in [5, 5.41) is 14.6. The molecule has 9 heteroatoms. The highest BCUT2D eigenvalue weighted by Gasteiger charge is 2.38. The van der Waals surface area contributed by atoms with Crippen LogP contribution in [0.15, 0.2) is 24.3 Å². The highest BCUT2D eigenvalue weighted by molar-refractivity contribution is 9.09. The van der Waals surface area contributed by atoms with Crippen LogP contribution >= 0.6 is 15.9 Å². The molecule has 0 saturated heterocycles. The van der Waals surface area contributed by atoms with Crippen LogP contribution in [-0.4, -0.2) is 60.3 Å². The van der Waals surface area contributed by atoms with Gasteiger partial charge in [0.2, 0.25) is 6.10 Å². The number of unbranched alkanes of at least 4 members (excludes halogenated alkanes) is 13. The molecule has 0 saturated carbocycles. The third-order valence-corrected chi connectivity index (χ3v) is 7.14. The van der Waals surface area contributed by atoms with Gasteiger partial charge < -0.3 is 24.6 Å². The van der Waals surface area contributed by atoms with Gasteiger partial charge in [0, 0.05) is 17.6 Å². The van der Waals surface area contributed by atoms with Gasteiger partial charge in [-0.3, -0.25) is 0 Å². The molecule has 2 N–H and O–H groups in total. The summed E-state index contributed by atoms with van der Waals surface area (Å²) in [5.74, 6) is -2.93. The van der Waals surface area contributed by atoms with Crippen molar-refractivity contribution in [2.24, 2.45) is 0 Å². The number of benzene rings is 1. The van der Waals surface area contributed by atoms with Crippen LogP contribution in [-0.2, 0) is 23.8 Å². The van der Waals surface area contributed by atoms with Crippen molar-refractivity contribution < 1.29 is 33.7 Å². The van der Waals surface area contributed by atoms with Crippen LogP contribution in [0.2, 0.25) is 0 Å². The molecule has 0 radical (unpaired) electrons. The molecule has 40 heavy (non-hydrogen) atoms. The van der Waals surface area contributed by atoms with Crippen molar-refractivity contribution in [2.75, 3.05) is 30.4 Å². The molecule has 0 heterocycles. The molecule has 8 nitrogen and oxygen atoms in total. The van der Waals surface area contributed by atoms with Crippen LogP contribution in [0.1, 0.15) is 114 Å². The number of halogens is 1. The minimum atomic E-state index is -1.97. The number of esters is 3. The Bertz CT molecular complexity index is 818. The topological polar surface area (TPSA) is 111 Å². The minimum Gasteiger partial charge on any atom is -0.464 e. The molecule has 0 aliphatic carbocycles. The van der Waals surface area contributed by atoms with Crippen LogP contribution in [0.4, 0.5) is 5.69 Å². The van der Waals surface area contributed by atoms with Gasteiger partial charge in [-0.1, -0.05) is 93.0 Å². The van der Waals surface area contributed by atoms with Gasteiger partial charge in [0.15, 0.2) is 6.10 Å². The van der Waals surface area contributed by atoms with Gasteiger partial charge in [0.25, 0.3) is 0 Å². The Morgan fingerprint density at radius 3 is 1.65 bits per heavy atom. The van der Waals surface area contributed by atoms with E-state index in [1.165, 1.54) is 83.5 Å². The first-order chi connectivity index (χ1) is 19.4. The number of carbonyl (C=O) groups excluding carboxylic acids is 3. The molecule has 0 spiro atoms. The molecule has 228 valence electrons. The van der Waals surface area contributed by atoms with Crippen molar-refractivity contribution >= 4 is 39.5 Å². The standard InChI is InChI=1S/C31H50BrNO7/c1-3-38-30(36)27(34)28(31(37)39-4-2)40-29(35)25-19-21-26(22-20-25)33-24-18-16-14-12-10-8-6-5-7-9-11-13-15-17-23-32/h19-22,27-28,33-34H,3-18,23-24H2,1-2H3. The number of aliphatic hydroxyl groups excluding tert-OH is 1. The zero-order valence-corrected chi connectivity index (χ0v) is 26.1. The molecule has 1 aromatic rings. The zero-order valence-electron chi connectivity index (χ0n) is 24.5. The predicted octanol–water partition coefficient (Wildman–Crippen LogP) is 6.97. The summed E-state index contributed by atoms with van der Waals surface area (Å²) in [4.78, 5) is 36.6. The number of hydrogen-bond donors (Lipinski definition) is 2. The Balaban J connectivity index is 2.23. The van der Waals surface area contributed by atoms with Gasteiger partial charge in [0.1, 0.15) is 0 Å². The monoisotopic (exact) mass is 627 g/mol. The first kappa shape index (κ1) is 35.9. The number of rotatable bonds is 24. The summed E-state index contributed by atoms with van der Waals surface area (Å²) in [5.41, 5.74) is 1.05. The maximum Gasteiger partial charge on any atom is 0.350 e.